The summed E-state index contributed by atoms with van der Waals surface area (Å²) in [4.78, 5) is 11.1. The number of nitrogens with two attached hydrogens (primary N) is 1. The van der Waals surface area contributed by atoms with E-state index in [0.29, 0.717) is 17.4 Å². The van der Waals surface area contributed by atoms with Crippen LogP contribution >= 0.6 is 11.6 Å². The van der Waals surface area contributed by atoms with Gasteiger partial charge in [0.05, 0.1) is 23.4 Å². The highest BCUT2D eigenvalue weighted by Gasteiger charge is 2.36. The summed E-state index contributed by atoms with van der Waals surface area (Å²) >= 11 is 6.14. The smallest absolute Gasteiger partial charge is 0.399 e. The predicted octanol–water partition coefficient (Wildman–Crippen LogP) is 4.09. The minimum absolute atomic E-state index is 0.0618. The highest BCUT2D eigenvalue weighted by molar-refractivity contribution is 6.28. The summed E-state index contributed by atoms with van der Waals surface area (Å²) in [5.41, 5.74) is 7.29. The largest absolute Gasteiger partial charge is 0.416 e. The summed E-state index contributed by atoms with van der Waals surface area (Å²) in [5.74, 6) is 0.562. The molecule has 168 valence electrons. The Morgan fingerprint density at radius 2 is 2.00 bits per heavy atom. The van der Waals surface area contributed by atoms with Gasteiger partial charge in [0.2, 0.25) is 5.28 Å². The van der Waals surface area contributed by atoms with Gasteiger partial charge in [-0.25, -0.2) is 9.97 Å². The van der Waals surface area contributed by atoms with Crippen molar-refractivity contribution in [2.75, 3.05) is 31.2 Å². The quantitative estimate of drug-likeness (QED) is 0.522. The SMILES string of the molecule is COC1CN([C@@H]2CCc3nc(Cl)nc(N[C@H](C)c4cc(N)cc(C(F)(F)F)c4)c3C2)C1. The number of anilines is 2. The number of methoxy groups -OCH3 is 1. The second-order valence-electron chi connectivity index (χ2n) is 8.23. The van der Waals surface area contributed by atoms with Crippen LogP contribution in [-0.4, -0.2) is 47.2 Å². The molecule has 0 saturated carbocycles. The zero-order valence-electron chi connectivity index (χ0n) is 17.3. The second kappa shape index (κ2) is 8.44. The minimum atomic E-state index is -4.47. The number of hydrogen-bond acceptors (Lipinski definition) is 6. The first kappa shape index (κ1) is 22.1. The fraction of sp³-hybridized carbons (Fsp3) is 0.524. The molecule has 1 aliphatic carbocycles. The number of aromatic nitrogens is 2. The molecule has 10 heteroatoms. The van der Waals surface area contributed by atoms with E-state index in [1.54, 1.807) is 14.0 Å². The summed E-state index contributed by atoms with van der Waals surface area (Å²) in [6, 6.07) is 3.48. The molecule has 0 spiro atoms. The molecule has 1 aromatic heterocycles. The maximum absolute atomic E-state index is 13.2. The van der Waals surface area contributed by atoms with Crippen molar-refractivity contribution in [3.8, 4) is 0 Å². The van der Waals surface area contributed by atoms with Crippen LogP contribution in [0.4, 0.5) is 24.7 Å². The third-order valence-electron chi connectivity index (χ3n) is 6.10. The van der Waals surface area contributed by atoms with E-state index in [9.17, 15) is 13.2 Å². The van der Waals surface area contributed by atoms with Crippen LogP contribution in [0.5, 0.6) is 0 Å². The lowest BCUT2D eigenvalue weighted by molar-refractivity contribution is -0.137. The van der Waals surface area contributed by atoms with E-state index in [1.165, 1.54) is 6.07 Å². The van der Waals surface area contributed by atoms with E-state index >= 15 is 0 Å². The number of nitrogen functional groups attached to an aromatic ring is 1. The number of hydrogen-bond donors (Lipinski definition) is 2. The number of nitrogens with one attached hydrogen (secondary N) is 1. The van der Waals surface area contributed by atoms with E-state index in [2.05, 4.69) is 20.2 Å². The first-order valence-electron chi connectivity index (χ1n) is 10.2. The Bertz CT molecular complexity index is 965. The van der Waals surface area contributed by atoms with Gasteiger partial charge < -0.3 is 15.8 Å². The maximum atomic E-state index is 13.2. The summed E-state index contributed by atoms with van der Waals surface area (Å²) < 4.78 is 45.0. The predicted molar refractivity (Wildman–Crippen MR) is 113 cm³/mol. The molecule has 0 radical (unpaired) electrons. The lowest BCUT2D eigenvalue weighted by Crippen LogP contribution is -2.57. The van der Waals surface area contributed by atoms with Crippen molar-refractivity contribution in [1.82, 2.24) is 14.9 Å². The Morgan fingerprint density at radius 1 is 1.26 bits per heavy atom. The Morgan fingerprint density at radius 3 is 2.68 bits per heavy atom. The Balaban J connectivity index is 1.57. The highest BCUT2D eigenvalue weighted by Crippen LogP contribution is 2.35. The number of benzene rings is 1. The minimum Gasteiger partial charge on any atom is -0.399 e. The molecule has 1 aromatic carbocycles. The van der Waals surface area contributed by atoms with Crippen LogP contribution in [0.25, 0.3) is 0 Å². The zero-order chi connectivity index (χ0) is 22.3. The van der Waals surface area contributed by atoms with E-state index in [0.717, 1.165) is 55.7 Å². The highest BCUT2D eigenvalue weighted by atomic mass is 35.5. The standard InChI is InChI=1S/C21H25ClF3N5O/c1-11(12-5-13(21(23,24)25)7-14(26)6-12)27-19-17-8-15(30-9-16(10-30)31-2)3-4-18(17)28-20(22)29-19/h5-7,11,15-16H,3-4,8-10,26H2,1-2H3,(H,27,28,29)/t11-,15-/m1/s1. The third-order valence-corrected chi connectivity index (χ3v) is 6.27. The number of nitrogens with zero attached hydrogens (tertiary/aromatic N) is 3. The van der Waals surface area contributed by atoms with Crippen molar-refractivity contribution >= 4 is 23.1 Å². The molecular formula is C21H25ClF3N5O. The second-order valence-corrected chi connectivity index (χ2v) is 8.56. The van der Waals surface area contributed by atoms with Gasteiger partial charge in [-0.15, -0.1) is 0 Å². The van der Waals surface area contributed by atoms with Crippen LogP contribution < -0.4 is 11.1 Å². The number of ether oxygens (including phenoxy) is 1. The van der Waals surface area contributed by atoms with E-state index in [1.807, 2.05) is 0 Å². The summed E-state index contributed by atoms with van der Waals surface area (Å²) in [6.45, 7) is 3.57. The molecule has 1 aliphatic heterocycles. The van der Waals surface area contributed by atoms with Crippen molar-refractivity contribution in [3.05, 3.63) is 45.9 Å². The average molecular weight is 456 g/mol. The topological polar surface area (TPSA) is 76.3 Å². The number of alkyl halides is 3. The van der Waals surface area contributed by atoms with Crippen LogP contribution in [0.2, 0.25) is 5.28 Å². The Hall–Kier alpha value is -2.10. The average Bonchev–Trinajstić information content (AvgIpc) is 2.66. The fourth-order valence-corrected chi connectivity index (χ4v) is 4.48. The Labute approximate surface area is 183 Å². The molecule has 2 heterocycles. The first-order valence-corrected chi connectivity index (χ1v) is 10.6. The van der Waals surface area contributed by atoms with Gasteiger partial charge in [0.25, 0.3) is 0 Å². The molecule has 2 aromatic rings. The summed E-state index contributed by atoms with van der Waals surface area (Å²) in [6.07, 6.45) is -1.70. The molecule has 0 bridgehead atoms. The van der Waals surface area contributed by atoms with Crippen molar-refractivity contribution in [3.63, 3.8) is 0 Å². The molecule has 1 saturated heterocycles. The lowest BCUT2D eigenvalue weighted by atomic mass is 9.89. The van der Waals surface area contributed by atoms with Gasteiger partial charge in [-0.05, 0) is 61.5 Å². The molecule has 2 aliphatic rings. The molecule has 3 N–H and O–H groups in total. The van der Waals surface area contributed by atoms with E-state index in [-0.39, 0.29) is 17.1 Å². The normalized spacial score (nSPS) is 20.8. The van der Waals surface area contributed by atoms with Gasteiger partial charge in [0.15, 0.2) is 0 Å². The zero-order valence-corrected chi connectivity index (χ0v) is 18.1. The number of halogens is 4. The van der Waals surface area contributed by atoms with Gasteiger partial charge in [-0.1, -0.05) is 0 Å². The van der Waals surface area contributed by atoms with Gasteiger partial charge >= 0.3 is 6.18 Å². The molecule has 6 nitrogen and oxygen atoms in total. The molecular weight excluding hydrogens is 431 g/mol. The van der Waals surface area contributed by atoms with E-state index < -0.39 is 17.8 Å². The summed E-state index contributed by atoms with van der Waals surface area (Å²) in [5, 5.41) is 3.37. The van der Waals surface area contributed by atoms with Gasteiger partial charge in [-0.3, -0.25) is 4.90 Å². The molecule has 1 fully saturated rings. The first-order chi connectivity index (χ1) is 14.6. The van der Waals surface area contributed by atoms with Crippen LogP contribution in [-0.2, 0) is 23.8 Å². The van der Waals surface area contributed by atoms with E-state index in [4.69, 9.17) is 22.1 Å². The monoisotopic (exact) mass is 455 g/mol. The third kappa shape index (κ3) is 4.73. The molecule has 31 heavy (non-hydrogen) atoms. The summed E-state index contributed by atoms with van der Waals surface area (Å²) in [7, 11) is 1.72. The van der Waals surface area contributed by atoms with Crippen LogP contribution in [0.1, 0.15) is 41.8 Å². The Kier molecular flexibility index (Phi) is 6.02. The van der Waals surface area contributed by atoms with Gasteiger partial charge in [-0.2, -0.15) is 13.2 Å². The van der Waals surface area contributed by atoms with Crippen molar-refractivity contribution < 1.29 is 17.9 Å². The molecule has 2 atom stereocenters. The maximum Gasteiger partial charge on any atom is 0.416 e. The fourth-order valence-electron chi connectivity index (χ4n) is 4.29. The number of aryl methyl sites for hydroxylation is 1. The van der Waals surface area contributed by atoms with Gasteiger partial charge in [0, 0.05) is 37.5 Å². The van der Waals surface area contributed by atoms with Crippen LogP contribution in [0.3, 0.4) is 0 Å². The van der Waals surface area contributed by atoms with Crippen molar-refractivity contribution in [1.29, 1.82) is 0 Å². The molecule has 4 rings (SSSR count). The van der Waals surface area contributed by atoms with Crippen molar-refractivity contribution in [2.24, 2.45) is 0 Å². The number of likely N-dealkylation sites (tertiary alicyclic amines) is 1. The van der Waals surface area contributed by atoms with Crippen LogP contribution in [0.15, 0.2) is 18.2 Å². The molecule has 0 amide bonds. The molecule has 0 unspecified atom stereocenters. The van der Waals surface area contributed by atoms with Crippen molar-refractivity contribution in [2.45, 2.75) is 50.6 Å². The number of rotatable bonds is 5. The lowest BCUT2D eigenvalue weighted by Gasteiger charge is -2.45. The van der Waals surface area contributed by atoms with Gasteiger partial charge in [0.1, 0.15) is 5.82 Å². The van der Waals surface area contributed by atoms with Crippen LogP contribution in [0, 0.1) is 0 Å². The number of fused-ring (bicyclic) bond motifs is 1.